The number of pyridine rings is 1. The summed E-state index contributed by atoms with van der Waals surface area (Å²) in [5, 5.41) is 12.5. The van der Waals surface area contributed by atoms with Crippen molar-refractivity contribution < 1.29 is 5.11 Å². The summed E-state index contributed by atoms with van der Waals surface area (Å²) in [6.07, 6.45) is 3.64. The van der Waals surface area contributed by atoms with E-state index >= 15 is 0 Å². The lowest BCUT2D eigenvalue weighted by Crippen LogP contribution is -2.37. The van der Waals surface area contributed by atoms with Crippen LogP contribution >= 0.6 is 0 Å². The van der Waals surface area contributed by atoms with Crippen molar-refractivity contribution in [3.05, 3.63) is 23.9 Å². The molecule has 0 amide bonds. The number of anilines is 1. The second kappa shape index (κ2) is 5.67. The minimum Gasteiger partial charge on any atom is -0.393 e. The molecule has 1 aliphatic carbocycles. The number of aliphatic hydroxyl groups is 1. The van der Waals surface area contributed by atoms with Gasteiger partial charge in [-0.3, -0.25) is 0 Å². The highest BCUT2D eigenvalue weighted by atomic mass is 16.3. The summed E-state index contributed by atoms with van der Waals surface area (Å²) >= 11 is 0. The van der Waals surface area contributed by atoms with Crippen LogP contribution in [0.4, 0.5) is 5.82 Å². The molecule has 0 spiro atoms. The van der Waals surface area contributed by atoms with Gasteiger partial charge in [-0.05, 0) is 50.4 Å². The lowest BCUT2D eigenvalue weighted by atomic mass is 9.82. The zero-order valence-electron chi connectivity index (χ0n) is 11.4. The van der Waals surface area contributed by atoms with Crippen LogP contribution in [0.3, 0.4) is 0 Å². The van der Waals surface area contributed by atoms with Gasteiger partial charge in [-0.25, -0.2) is 4.98 Å². The Morgan fingerprint density at radius 3 is 2.89 bits per heavy atom. The first-order valence-corrected chi connectivity index (χ1v) is 6.62. The Kier molecular flexibility index (Phi) is 4.19. The first kappa shape index (κ1) is 13.3. The Hall–Kier alpha value is -1.13. The first-order chi connectivity index (χ1) is 8.60. The van der Waals surface area contributed by atoms with Gasteiger partial charge in [-0.2, -0.15) is 0 Å². The van der Waals surface area contributed by atoms with Crippen molar-refractivity contribution in [2.24, 2.45) is 5.92 Å². The van der Waals surface area contributed by atoms with E-state index in [2.05, 4.69) is 35.2 Å². The van der Waals surface area contributed by atoms with Crippen LogP contribution in [-0.4, -0.2) is 36.8 Å². The van der Waals surface area contributed by atoms with Crippen LogP contribution in [0.1, 0.15) is 31.4 Å². The average Bonchev–Trinajstić information content (AvgIpc) is 2.36. The van der Waals surface area contributed by atoms with Gasteiger partial charge in [-0.1, -0.05) is 0 Å². The van der Waals surface area contributed by atoms with Gasteiger partial charge in [0.05, 0.1) is 6.10 Å². The smallest absolute Gasteiger partial charge is 0.128 e. The summed E-state index contributed by atoms with van der Waals surface area (Å²) in [4.78, 5) is 6.61. The van der Waals surface area contributed by atoms with Crippen molar-refractivity contribution in [1.29, 1.82) is 0 Å². The Morgan fingerprint density at radius 2 is 2.28 bits per heavy atom. The highest BCUT2D eigenvalue weighted by molar-refractivity contribution is 5.41. The molecule has 0 aliphatic heterocycles. The Bertz CT molecular complexity index is 390. The van der Waals surface area contributed by atoms with Gasteiger partial charge in [0.2, 0.25) is 0 Å². The minimum atomic E-state index is -0.0768. The van der Waals surface area contributed by atoms with E-state index in [4.69, 9.17) is 0 Å². The highest BCUT2D eigenvalue weighted by Gasteiger charge is 2.28. The van der Waals surface area contributed by atoms with Crippen molar-refractivity contribution in [1.82, 2.24) is 10.3 Å². The van der Waals surface area contributed by atoms with E-state index in [0.717, 1.165) is 25.2 Å². The van der Waals surface area contributed by atoms with Crippen LogP contribution < -0.4 is 10.2 Å². The third kappa shape index (κ3) is 3.00. The van der Waals surface area contributed by atoms with Crippen LogP contribution in [0.25, 0.3) is 0 Å². The van der Waals surface area contributed by atoms with Gasteiger partial charge < -0.3 is 15.3 Å². The van der Waals surface area contributed by atoms with Gasteiger partial charge in [0, 0.05) is 25.8 Å². The molecule has 1 heterocycles. The zero-order valence-corrected chi connectivity index (χ0v) is 11.4. The third-order valence-electron chi connectivity index (χ3n) is 3.84. The maximum atomic E-state index is 9.31. The number of hydrogen-bond donors (Lipinski definition) is 2. The standard InChI is InChI=1S/C14H23N3O/c1-10(15-2)12-4-5-16-14(8-12)17(3)9-11-6-13(18)7-11/h4-5,8,10-11,13,15,18H,6-7,9H2,1-3H3. The summed E-state index contributed by atoms with van der Waals surface area (Å²) in [7, 11) is 4.03. The highest BCUT2D eigenvalue weighted by Crippen LogP contribution is 2.29. The summed E-state index contributed by atoms with van der Waals surface area (Å²) in [5.41, 5.74) is 1.25. The quantitative estimate of drug-likeness (QED) is 0.831. The molecular weight excluding hydrogens is 226 g/mol. The molecule has 0 radical (unpaired) electrons. The van der Waals surface area contributed by atoms with Crippen LogP contribution in [0.15, 0.2) is 18.3 Å². The SMILES string of the molecule is CNC(C)c1ccnc(N(C)CC2CC(O)C2)c1. The molecule has 18 heavy (non-hydrogen) atoms. The first-order valence-electron chi connectivity index (χ1n) is 6.62. The molecule has 2 N–H and O–H groups in total. The monoisotopic (exact) mass is 249 g/mol. The molecule has 1 saturated carbocycles. The molecule has 1 aromatic heterocycles. The predicted octanol–water partition coefficient (Wildman–Crippen LogP) is 1.57. The molecule has 100 valence electrons. The van der Waals surface area contributed by atoms with E-state index in [1.54, 1.807) is 0 Å². The molecule has 4 nitrogen and oxygen atoms in total. The van der Waals surface area contributed by atoms with E-state index in [0.29, 0.717) is 12.0 Å². The van der Waals surface area contributed by atoms with Crippen molar-refractivity contribution in [2.75, 3.05) is 25.5 Å². The second-order valence-corrected chi connectivity index (χ2v) is 5.33. The third-order valence-corrected chi connectivity index (χ3v) is 3.84. The maximum absolute atomic E-state index is 9.31. The molecule has 1 fully saturated rings. The fraction of sp³-hybridized carbons (Fsp3) is 0.643. The largest absolute Gasteiger partial charge is 0.393 e. The van der Waals surface area contributed by atoms with Gasteiger partial charge in [-0.15, -0.1) is 0 Å². The Labute approximate surface area is 109 Å². The van der Waals surface area contributed by atoms with Crippen LogP contribution in [0, 0.1) is 5.92 Å². The molecule has 1 atom stereocenters. The fourth-order valence-electron chi connectivity index (χ4n) is 2.41. The van der Waals surface area contributed by atoms with Crippen molar-refractivity contribution in [3.8, 4) is 0 Å². The van der Waals surface area contributed by atoms with Crippen LogP contribution in [0.2, 0.25) is 0 Å². The second-order valence-electron chi connectivity index (χ2n) is 5.33. The molecule has 0 bridgehead atoms. The van der Waals surface area contributed by atoms with Gasteiger partial charge in [0.1, 0.15) is 5.82 Å². The summed E-state index contributed by atoms with van der Waals surface area (Å²) in [5.74, 6) is 1.62. The summed E-state index contributed by atoms with van der Waals surface area (Å²) in [6, 6.07) is 4.52. The summed E-state index contributed by atoms with van der Waals surface area (Å²) in [6.45, 7) is 3.11. The predicted molar refractivity (Wildman–Crippen MR) is 73.7 cm³/mol. The molecule has 1 aromatic rings. The number of aromatic nitrogens is 1. The lowest BCUT2D eigenvalue weighted by molar-refractivity contribution is 0.0464. The number of nitrogens with zero attached hydrogens (tertiary/aromatic N) is 2. The lowest BCUT2D eigenvalue weighted by Gasteiger charge is -2.34. The average molecular weight is 249 g/mol. The number of aliphatic hydroxyl groups excluding tert-OH is 1. The van der Waals surface area contributed by atoms with Crippen LogP contribution in [0.5, 0.6) is 0 Å². The van der Waals surface area contributed by atoms with Crippen molar-refractivity contribution >= 4 is 5.82 Å². The molecule has 1 unspecified atom stereocenters. The molecular formula is C14H23N3O. The molecule has 4 heteroatoms. The van der Waals surface area contributed by atoms with E-state index in [1.807, 2.05) is 19.3 Å². The maximum Gasteiger partial charge on any atom is 0.128 e. The van der Waals surface area contributed by atoms with E-state index in [-0.39, 0.29) is 6.10 Å². The molecule has 0 saturated heterocycles. The topological polar surface area (TPSA) is 48.4 Å². The number of rotatable bonds is 5. The zero-order chi connectivity index (χ0) is 13.1. The van der Waals surface area contributed by atoms with Gasteiger partial charge >= 0.3 is 0 Å². The normalized spacial score (nSPS) is 24.4. The van der Waals surface area contributed by atoms with Crippen molar-refractivity contribution in [3.63, 3.8) is 0 Å². The van der Waals surface area contributed by atoms with Gasteiger partial charge in [0.15, 0.2) is 0 Å². The van der Waals surface area contributed by atoms with Crippen molar-refractivity contribution in [2.45, 2.75) is 31.9 Å². The molecule has 1 aliphatic rings. The van der Waals surface area contributed by atoms with Gasteiger partial charge in [0.25, 0.3) is 0 Å². The minimum absolute atomic E-state index is 0.0768. The van der Waals surface area contributed by atoms with E-state index in [9.17, 15) is 5.11 Å². The molecule has 2 rings (SSSR count). The molecule has 0 aromatic carbocycles. The fourth-order valence-corrected chi connectivity index (χ4v) is 2.41. The van der Waals surface area contributed by atoms with Crippen LogP contribution in [-0.2, 0) is 0 Å². The van der Waals surface area contributed by atoms with E-state index in [1.165, 1.54) is 5.56 Å². The number of hydrogen-bond acceptors (Lipinski definition) is 4. The Balaban J connectivity index is 1.99. The van der Waals surface area contributed by atoms with E-state index < -0.39 is 0 Å². The Morgan fingerprint density at radius 1 is 1.56 bits per heavy atom. The summed E-state index contributed by atoms with van der Waals surface area (Å²) < 4.78 is 0. The number of nitrogens with one attached hydrogen (secondary N) is 1.